The molecule has 0 bridgehead atoms. The van der Waals surface area contributed by atoms with Crippen LogP contribution in [0.25, 0.3) is 0 Å². The van der Waals surface area contributed by atoms with E-state index in [0.29, 0.717) is 24.4 Å². The second-order valence-electron chi connectivity index (χ2n) is 5.45. The number of aliphatic hydroxyl groups is 1. The van der Waals surface area contributed by atoms with Gasteiger partial charge >= 0.3 is 6.09 Å². The number of likely N-dealkylation sites (tertiary alicyclic amines) is 1. The lowest BCUT2D eigenvalue weighted by atomic mass is 10.2. The van der Waals surface area contributed by atoms with E-state index in [2.05, 4.69) is 0 Å². The molecule has 1 saturated heterocycles. The number of benzene rings is 1. The van der Waals surface area contributed by atoms with Gasteiger partial charge in [-0.15, -0.1) is 0 Å². The van der Waals surface area contributed by atoms with E-state index >= 15 is 0 Å². The van der Waals surface area contributed by atoms with Crippen LogP contribution in [0.3, 0.4) is 0 Å². The van der Waals surface area contributed by atoms with Crippen molar-refractivity contribution in [2.75, 3.05) is 19.7 Å². The fourth-order valence-corrected chi connectivity index (χ4v) is 3.19. The quantitative estimate of drug-likeness (QED) is 0.900. The van der Waals surface area contributed by atoms with Crippen molar-refractivity contribution in [1.82, 2.24) is 4.90 Å². The highest BCUT2D eigenvalue weighted by Crippen LogP contribution is 2.53. The van der Waals surface area contributed by atoms with Crippen LogP contribution in [0, 0.1) is 17.8 Å². The molecule has 2 fully saturated rings. The lowest BCUT2D eigenvalue weighted by molar-refractivity contribution is 0.0980. The van der Waals surface area contributed by atoms with Crippen molar-refractivity contribution < 1.29 is 14.6 Å². The molecule has 3 rings (SSSR count). The molecule has 4 nitrogen and oxygen atoms in total. The molecule has 1 aromatic rings. The summed E-state index contributed by atoms with van der Waals surface area (Å²) < 4.78 is 5.31. The van der Waals surface area contributed by atoms with E-state index in [4.69, 9.17) is 9.84 Å². The topological polar surface area (TPSA) is 49.8 Å². The van der Waals surface area contributed by atoms with Crippen molar-refractivity contribution >= 4 is 6.09 Å². The van der Waals surface area contributed by atoms with Crippen LogP contribution in [-0.2, 0) is 11.3 Å². The zero-order valence-electron chi connectivity index (χ0n) is 10.9. The molecule has 1 N–H and O–H groups in total. The molecule has 1 saturated carbocycles. The highest BCUT2D eigenvalue weighted by molar-refractivity contribution is 5.68. The van der Waals surface area contributed by atoms with Crippen LogP contribution in [0.4, 0.5) is 4.79 Å². The van der Waals surface area contributed by atoms with E-state index in [1.165, 1.54) is 0 Å². The molecule has 0 radical (unpaired) electrons. The molecule has 0 spiro atoms. The summed E-state index contributed by atoms with van der Waals surface area (Å²) in [6, 6.07) is 9.72. The summed E-state index contributed by atoms with van der Waals surface area (Å²) in [4.78, 5) is 13.7. The molecule has 1 aliphatic carbocycles. The SMILES string of the molecule is O=C(OCc1ccccc1)N1C[C@H]2C(CCO)[C@@H]2C1. The summed E-state index contributed by atoms with van der Waals surface area (Å²) in [5, 5.41) is 8.91. The lowest BCUT2D eigenvalue weighted by Crippen LogP contribution is -2.32. The molecule has 1 aliphatic heterocycles. The van der Waals surface area contributed by atoms with Gasteiger partial charge < -0.3 is 14.7 Å². The van der Waals surface area contributed by atoms with Gasteiger partial charge in [0, 0.05) is 19.7 Å². The number of hydrogen-bond acceptors (Lipinski definition) is 3. The molecular formula is C15H19NO3. The van der Waals surface area contributed by atoms with Gasteiger partial charge in [-0.1, -0.05) is 30.3 Å². The monoisotopic (exact) mass is 261 g/mol. The first-order chi connectivity index (χ1) is 9.29. The van der Waals surface area contributed by atoms with E-state index in [1.54, 1.807) is 4.90 Å². The Morgan fingerprint density at radius 3 is 2.58 bits per heavy atom. The molecule has 2 aliphatic rings. The van der Waals surface area contributed by atoms with Gasteiger partial charge in [-0.3, -0.25) is 0 Å². The first kappa shape index (κ1) is 12.5. The predicted molar refractivity (Wildman–Crippen MR) is 70.4 cm³/mol. The number of nitrogens with zero attached hydrogens (tertiary/aromatic N) is 1. The average Bonchev–Trinajstić information content (AvgIpc) is 2.89. The zero-order valence-corrected chi connectivity index (χ0v) is 10.9. The fraction of sp³-hybridized carbons (Fsp3) is 0.533. The minimum absolute atomic E-state index is 0.209. The normalized spacial score (nSPS) is 28.1. The molecular weight excluding hydrogens is 242 g/mol. The second-order valence-corrected chi connectivity index (χ2v) is 5.45. The molecule has 4 heteroatoms. The standard InChI is InChI=1S/C15H19NO3/c17-7-6-12-13-8-16(9-14(12)13)15(18)19-10-11-4-2-1-3-5-11/h1-5,12-14,17H,6-10H2/t13-,14-/m0/s1. The summed E-state index contributed by atoms with van der Waals surface area (Å²) >= 11 is 0. The Morgan fingerprint density at radius 1 is 1.26 bits per heavy atom. The van der Waals surface area contributed by atoms with Crippen molar-refractivity contribution in [3.8, 4) is 0 Å². The molecule has 0 aromatic heterocycles. The van der Waals surface area contributed by atoms with Gasteiger partial charge in [-0.25, -0.2) is 4.79 Å². The van der Waals surface area contributed by atoms with E-state index < -0.39 is 0 Å². The summed E-state index contributed by atoms with van der Waals surface area (Å²) in [5.41, 5.74) is 1.01. The predicted octanol–water partition coefficient (Wildman–Crippen LogP) is 1.88. The smallest absolute Gasteiger partial charge is 0.410 e. The van der Waals surface area contributed by atoms with Gasteiger partial charge in [0.1, 0.15) is 6.61 Å². The number of carbonyl (C=O) groups excluding carboxylic acids is 1. The molecule has 0 unspecified atom stereocenters. The number of rotatable bonds is 4. The van der Waals surface area contributed by atoms with Gasteiger partial charge in [-0.2, -0.15) is 0 Å². The first-order valence-electron chi connectivity index (χ1n) is 6.86. The Labute approximate surface area is 113 Å². The number of amides is 1. The van der Waals surface area contributed by atoms with Crippen LogP contribution < -0.4 is 0 Å². The van der Waals surface area contributed by atoms with Gasteiger partial charge in [0.25, 0.3) is 0 Å². The van der Waals surface area contributed by atoms with Crippen molar-refractivity contribution in [1.29, 1.82) is 0 Å². The van der Waals surface area contributed by atoms with Gasteiger partial charge in [0.2, 0.25) is 0 Å². The highest BCUT2D eigenvalue weighted by atomic mass is 16.6. The largest absolute Gasteiger partial charge is 0.445 e. The van der Waals surface area contributed by atoms with Crippen LogP contribution in [0.1, 0.15) is 12.0 Å². The zero-order chi connectivity index (χ0) is 13.2. The lowest BCUT2D eigenvalue weighted by Gasteiger charge is -2.19. The number of aliphatic hydroxyl groups excluding tert-OH is 1. The van der Waals surface area contributed by atoms with Gasteiger partial charge in [0.05, 0.1) is 0 Å². The van der Waals surface area contributed by atoms with Crippen molar-refractivity contribution in [3.63, 3.8) is 0 Å². The van der Waals surface area contributed by atoms with Crippen LogP contribution in [0.2, 0.25) is 0 Å². The fourth-order valence-electron chi connectivity index (χ4n) is 3.19. The molecule has 1 aromatic carbocycles. The maximum Gasteiger partial charge on any atom is 0.410 e. The van der Waals surface area contributed by atoms with Crippen LogP contribution in [0.5, 0.6) is 0 Å². The summed E-state index contributed by atoms with van der Waals surface area (Å²) in [6.45, 7) is 2.19. The molecule has 1 heterocycles. The molecule has 2 atom stereocenters. The molecule has 19 heavy (non-hydrogen) atoms. The van der Waals surface area contributed by atoms with Crippen molar-refractivity contribution in [2.24, 2.45) is 17.8 Å². The minimum atomic E-state index is -0.209. The average molecular weight is 261 g/mol. The number of piperidine rings is 1. The maximum atomic E-state index is 11.9. The second kappa shape index (κ2) is 5.21. The van der Waals surface area contributed by atoms with E-state index in [0.717, 1.165) is 25.1 Å². The Balaban J connectivity index is 1.44. The third-order valence-electron chi connectivity index (χ3n) is 4.30. The Hall–Kier alpha value is -1.55. The third-order valence-corrected chi connectivity index (χ3v) is 4.30. The summed E-state index contributed by atoms with van der Waals surface area (Å²) in [6.07, 6.45) is 0.668. The van der Waals surface area contributed by atoms with Gasteiger partial charge in [-0.05, 0) is 29.7 Å². The molecule has 102 valence electrons. The summed E-state index contributed by atoms with van der Waals surface area (Å²) in [7, 11) is 0. The van der Waals surface area contributed by atoms with Crippen LogP contribution >= 0.6 is 0 Å². The number of ether oxygens (including phenoxy) is 1. The van der Waals surface area contributed by atoms with Gasteiger partial charge in [0.15, 0.2) is 0 Å². The van der Waals surface area contributed by atoms with Crippen LogP contribution in [-0.4, -0.2) is 35.8 Å². The number of fused-ring (bicyclic) bond motifs is 1. The number of carbonyl (C=O) groups is 1. The van der Waals surface area contributed by atoms with Crippen molar-refractivity contribution in [2.45, 2.75) is 13.0 Å². The Kier molecular flexibility index (Phi) is 3.42. The van der Waals surface area contributed by atoms with Crippen LogP contribution in [0.15, 0.2) is 30.3 Å². The van der Waals surface area contributed by atoms with E-state index in [-0.39, 0.29) is 12.7 Å². The van der Waals surface area contributed by atoms with Crippen molar-refractivity contribution in [3.05, 3.63) is 35.9 Å². The van der Waals surface area contributed by atoms with E-state index in [9.17, 15) is 4.79 Å². The minimum Gasteiger partial charge on any atom is -0.445 e. The Morgan fingerprint density at radius 2 is 1.95 bits per heavy atom. The highest BCUT2D eigenvalue weighted by Gasteiger charge is 2.56. The molecule has 1 amide bonds. The number of hydrogen-bond donors (Lipinski definition) is 1. The Bertz CT molecular complexity index is 436. The maximum absolute atomic E-state index is 11.9. The summed E-state index contributed by atoms with van der Waals surface area (Å²) in [5.74, 6) is 1.82. The van der Waals surface area contributed by atoms with E-state index in [1.807, 2.05) is 30.3 Å². The first-order valence-corrected chi connectivity index (χ1v) is 6.86. The third kappa shape index (κ3) is 2.59.